The van der Waals surface area contributed by atoms with E-state index in [2.05, 4.69) is 20.4 Å². The first kappa shape index (κ1) is 25.3. The van der Waals surface area contributed by atoms with Gasteiger partial charge in [-0.15, -0.1) is 0 Å². The van der Waals surface area contributed by atoms with Crippen LogP contribution >= 0.6 is 23.2 Å². The van der Waals surface area contributed by atoms with Gasteiger partial charge < -0.3 is 19.9 Å². The van der Waals surface area contributed by atoms with Crippen LogP contribution in [0.15, 0.2) is 36.4 Å². The van der Waals surface area contributed by atoms with E-state index in [4.69, 9.17) is 23.2 Å². The van der Waals surface area contributed by atoms with Crippen molar-refractivity contribution in [3.63, 3.8) is 0 Å². The van der Waals surface area contributed by atoms with E-state index in [9.17, 15) is 27.6 Å². The summed E-state index contributed by atoms with van der Waals surface area (Å²) in [7, 11) is 0. The number of rotatable bonds is 7. The quantitative estimate of drug-likeness (QED) is 0.360. The number of benzene rings is 2. The number of carbonyl (C=O) groups is 3. The molecule has 0 atom stereocenters. The van der Waals surface area contributed by atoms with Gasteiger partial charge in [0.1, 0.15) is 18.7 Å². The van der Waals surface area contributed by atoms with Crippen molar-refractivity contribution < 1.29 is 32.3 Å². The molecule has 0 aliphatic heterocycles. The van der Waals surface area contributed by atoms with E-state index in [-0.39, 0.29) is 45.5 Å². The highest BCUT2D eigenvalue weighted by molar-refractivity contribution is 6.40. The Morgan fingerprint density at radius 3 is 2.35 bits per heavy atom. The first-order chi connectivity index (χ1) is 16.0. The molecule has 0 fully saturated rings. The molecule has 2 amide bonds. The lowest BCUT2D eigenvalue weighted by atomic mass is 10.2. The predicted molar refractivity (Wildman–Crippen MR) is 119 cm³/mol. The van der Waals surface area contributed by atoms with E-state index in [0.717, 1.165) is 0 Å². The molecule has 34 heavy (non-hydrogen) atoms. The summed E-state index contributed by atoms with van der Waals surface area (Å²) in [5.74, 6) is -3.37. The Hall–Kier alpha value is -3.31. The molecule has 3 aromatic rings. The molecule has 1 aromatic heterocycles. The first-order valence-corrected chi connectivity index (χ1v) is 10.5. The highest BCUT2D eigenvalue weighted by atomic mass is 35.5. The number of alkyl halides is 3. The fourth-order valence-corrected chi connectivity index (χ4v) is 3.68. The van der Waals surface area contributed by atoms with Crippen LogP contribution in [0.1, 0.15) is 23.1 Å². The first-order valence-electron chi connectivity index (χ1n) is 9.71. The third-order valence-corrected chi connectivity index (χ3v) is 5.13. The van der Waals surface area contributed by atoms with Crippen molar-refractivity contribution in [3.8, 4) is 0 Å². The number of para-hydroxylation sites is 1. The van der Waals surface area contributed by atoms with E-state index < -0.39 is 36.3 Å². The van der Waals surface area contributed by atoms with Gasteiger partial charge in [0.25, 0.3) is 5.91 Å². The Labute approximate surface area is 201 Å². The van der Waals surface area contributed by atoms with Crippen molar-refractivity contribution in [1.82, 2.24) is 14.9 Å². The number of imidazole rings is 1. The molecular weight excluding hydrogens is 500 g/mol. The molecule has 0 unspecified atom stereocenters. The number of carbonyl (C=O) groups excluding carboxylic acids is 3. The highest BCUT2D eigenvalue weighted by Crippen LogP contribution is 2.34. The lowest BCUT2D eigenvalue weighted by Crippen LogP contribution is -2.32. The average Bonchev–Trinajstić information content (AvgIpc) is 3.11. The number of nitrogens with zero attached hydrogens (tertiary/aromatic N) is 2. The van der Waals surface area contributed by atoms with Crippen molar-refractivity contribution in [2.24, 2.45) is 0 Å². The predicted octanol–water partition coefficient (Wildman–Crippen LogP) is 4.29. The van der Waals surface area contributed by atoms with Gasteiger partial charge in [0.15, 0.2) is 0 Å². The van der Waals surface area contributed by atoms with Gasteiger partial charge in [-0.3, -0.25) is 14.4 Å². The van der Waals surface area contributed by atoms with Gasteiger partial charge >= 0.3 is 12.1 Å². The van der Waals surface area contributed by atoms with Crippen LogP contribution in [0.3, 0.4) is 0 Å². The van der Waals surface area contributed by atoms with Crippen LogP contribution in [0.25, 0.3) is 11.0 Å². The molecular formula is C21H17Cl2F3N4O4. The summed E-state index contributed by atoms with van der Waals surface area (Å²) < 4.78 is 46.5. The van der Waals surface area contributed by atoms with Crippen molar-refractivity contribution in [2.75, 3.05) is 18.5 Å². The number of anilines is 1. The summed E-state index contributed by atoms with van der Waals surface area (Å²) in [6.45, 7) is 0.273. The van der Waals surface area contributed by atoms with Gasteiger partial charge in [0.05, 0.1) is 33.4 Å². The summed E-state index contributed by atoms with van der Waals surface area (Å²) in [5.41, 5.74) is -0.298. The SMILES string of the molecule is CC(=O)OCCNC(=O)Cn1c(C(F)(F)F)nc2c(NC(=O)c3c(Cl)cccc3Cl)cccc21. The summed E-state index contributed by atoms with van der Waals surface area (Å²) in [6.07, 6.45) is -4.88. The number of amides is 2. The van der Waals surface area contributed by atoms with Gasteiger partial charge in [-0.05, 0) is 24.3 Å². The molecule has 13 heteroatoms. The van der Waals surface area contributed by atoms with Gasteiger partial charge in [-0.2, -0.15) is 13.2 Å². The average molecular weight is 517 g/mol. The molecule has 0 radical (unpaired) electrons. The standard InChI is InChI=1S/C21H17Cl2F3N4O4/c1-11(31)34-9-8-27-16(32)10-30-15-7-3-6-14(18(15)29-20(30)21(24,25)26)28-19(33)17-12(22)4-2-5-13(17)23/h2-7H,8-10H2,1H3,(H,27,32)(H,28,33). The minimum Gasteiger partial charge on any atom is -0.464 e. The Morgan fingerprint density at radius 1 is 1.09 bits per heavy atom. The summed E-state index contributed by atoms with van der Waals surface area (Å²) in [6, 6.07) is 8.53. The van der Waals surface area contributed by atoms with E-state index >= 15 is 0 Å². The van der Waals surface area contributed by atoms with E-state index in [0.29, 0.717) is 4.57 Å². The number of aromatic nitrogens is 2. The van der Waals surface area contributed by atoms with E-state index in [1.165, 1.54) is 43.3 Å². The van der Waals surface area contributed by atoms with E-state index in [1.54, 1.807) is 0 Å². The second kappa shape index (κ2) is 10.3. The molecule has 8 nitrogen and oxygen atoms in total. The molecule has 0 spiro atoms. The number of ether oxygens (including phenoxy) is 1. The molecule has 2 aromatic carbocycles. The number of nitrogens with one attached hydrogen (secondary N) is 2. The summed E-state index contributed by atoms with van der Waals surface area (Å²) in [5, 5.41) is 4.97. The smallest absolute Gasteiger partial charge is 0.449 e. The maximum absolute atomic E-state index is 13.7. The summed E-state index contributed by atoms with van der Waals surface area (Å²) in [4.78, 5) is 39.4. The monoisotopic (exact) mass is 516 g/mol. The Morgan fingerprint density at radius 2 is 1.74 bits per heavy atom. The minimum atomic E-state index is -4.88. The highest BCUT2D eigenvalue weighted by Gasteiger charge is 2.38. The van der Waals surface area contributed by atoms with Crippen molar-refractivity contribution in [2.45, 2.75) is 19.6 Å². The third-order valence-electron chi connectivity index (χ3n) is 4.50. The molecule has 180 valence electrons. The Kier molecular flexibility index (Phi) is 7.68. The van der Waals surface area contributed by atoms with Crippen LogP contribution in [0.4, 0.5) is 18.9 Å². The van der Waals surface area contributed by atoms with Gasteiger partial charge in [-0.25, -0.2) is 4.98 Å². The van der Waals surface area contributed by atoms with Crippen LogP contribution in [-0.4, -0.2) is 40.5 Å². The van der Waals surface area contributed by atoms with Gasteiger partial charge in [0, 0.05) is 6.92 Å². The molecule has 2 N–H and O–H groups in total. The topological polar surface area (TPSA) is 102 Å². The van der Waals surface area contributed by atoms with Crippen molar-refractivity contribution in [3.05, 3.63) is 57.8 Å². The van der Waals surface area contributed by atoms with Crippen molar-refractivity contribution >= 4 is 57.7 Å². The van der Waals surface area contributed by atoms with Crippen LogP contribution in [0, 0.1) is 0 Å². The van der Waals surface area contributed by atoms with Crippen LogP contribution < -0.4 is 10.6 Å². The fourth-order valence-electron chi connectivity index (χ4n) is 3.11. The molecule has 0 saturated heterocycles. The lowest BCUT2D eigenvalue weighted by Gasteiger charge is -2.12. The number of halogens is 5. The fraction of sp³-hybridized carbons (Fsp3) is 0.238. The minimum absolute atomic E-state index is 0.0296. The maximum Gasteiger partial charge on any atom is 0.449 e. The largest absolute Gasteiger partial charge is 0.464 e. The van der Waals surface area contributed by atoms with Gasteiger partial charge in [-0.1, -0.05) is 35.3 Å². The third kappa shape index (κ3) is 5.78. The van der Waals surface area contributed by atoms with E-state index in [1.807, 2.05) is 0 Å². The number of fused-ring (bicyclic) bond motifs is 1. The zero-order chi connectivity index (χ0) is 25.0. The number of hydrogen-bond acceptors (Lipinski definition) is 5. The normalized spacial score (nSPS) is 11.4. The summed E-state index contributed by atoms with van der Waals surface area (Å²) >= 11 is 12.1. The molecule has 0 aliphatic carbocycles. The van der Waals surface area contributed by atoms with Gasteiger partial charge in [0.2, 0.25) is 11.7 Å². The Balaban J connectivity index is 1.93. The molecule has 0 saturated carbocycles. The zero-order valence-corrected chi connectivity index (χ0v) is 19.0. The van der Waals surface area contributed by atoms with Crippen LogP contribution in [-0.2, 0) is 27.0 Å². The second-order valence-electron chi connectivity index (χ2n) is 6.93. The molecule has 0 aliphatic rings. The lowest BCUT2D eigenvalue weighted by molar-refractivity contribution is -0.147. The number of hydrogen-bond donors (Lipinski definition) is 2. The zero-order valence-electron chi connectivity index (χ0n) is 17.5. The van der Waals surface area contributed by atoms with Crippen LogP contribution in [0.5, 0.6) is 0 Å². The molecule has 3 rings (SSSR count). The van der Waals surface area contributed by atoms with Crippen LogP contribution in [0.2, 0.25) is 10.0 Å². The molecule has 0 bridgehead atoms. The van der Waals surface area contributed by atoms with Crippen molar-refractivity contribution in [1.29, 1.82) is 0 Å². The second-order valence-corrected chi connectivity index (χ2v) is 7.75. The Bertz CT molecular complexity index is 1240. The maximum atomic E-state index is 13.7. The number of esters is 1. The molecule has 1 heterocycles.